The van der Waals surface area contributed by atoms with Gasteiger partial charge in [-0.1, -0.05) is 77.9 Å². The molecule has 1 heterocycles. The maximum atomic E-state index is 10.9. The van der Waals surface area contributed by atoms with Gasteiger partial charge in [0.2, 0.25) is 0 Å². The standard InChI is InChI=1S/C15H28O2.C9H14O3/c1-3-5-6-7-8-9-10-11-12-13-14-17-15(16)4-2;1-7(2)9(10)12-6-8-4-3-5-11-8/h4H,2-3,5-14H2,1H3;8H,1,3-6H2,2H3. The maximum Gasteiger partial charge on any atom is 0.333 e. The number of hydrogen-bond donors (Lipinski definition) is 0. The molecule has 1 aliphatic heterocycles. The van der Waals surface area contributed by atoms with Crippen LogP contribution >= 0.6 is 0 Å². The van der Waals surface area contributed by atoms with Gasteiger partial charge in [-0.3, -0.25) is 0 Å². The van der Waals surface area contributed by atoms with Crippen molar-refractivity contribution in [3.63, 3.8) is 0 Å². The number of esters is 2. The molecule has 1 atom stereocenters. The Kier molecular flexibility index (Phi) is 18.6. The molecule has 0 N–H and O–H groups in total. The third kappa shape index (κ3) is 18.2. The minimum absolute atomic E-state index is 0.105. The fourth-order valence-electron chi connectivity index (χ4n) is 2.89. The van der Waals surface area contributed by atoms with Crippen LogP contribution in [0.2, 0.25) is 0 Å². The molecule has 0 amide bonds. The number of carbonyl (C=O) groups is 2. The van der Waals surface area contributed by atoms with Gasteiger partial charge in [0.05, 0.1) is 12.7 Å². The molecule has 1 saturated heterocycles. The molecule has 5 nitrogen and oxygen atoms in total. The Morgan fingerprint density at radius 2 is 1.59 bits per heavy atom. The Morgan fingerprint density at radius 3 is 2.07 bits per heavy atom. The Bertz CT molecular complexity index is 452. The minimum Gasteiger partial charge on any atom is -0.463 e. The quantitative estimate of drug-likeness (QED) is 0.190. The molecule has 0 saturated carbocycles. The second-order valence-electron chi connectivity index (χ2n) is 7.57. The molecule has 0 radical (unpaired) electrons. The zero-order valence-corrected chi connectivity index (χ0v) is 18.7. The number of unbranched alkanes of at least 4 members (excludes halogenated alkanes) is 9. The highest BCUT2D eigenvalue weighted by Gasteiger charge is 2.17. The number of ether oxygens (including phenoxy) is 3. The van der Waals surface area contributed by atoms with E-state index in [1.165, 1.54) is 63.9 Å². The van der Waals surface area contributed by atoms with Gasteiger partial charge in [0, 0.05) is 18.3 Å². The average Bonchev–Trinajstić information content (AvgIpc) is 3.24. The van der Waals surface area contributed by atoms with Crippen LogP contribution in [-0.4, -0.2) is 37.9 Å². The van der Waals surface area contributed by atoms with E-state index < -0.39 is 0 Å². The lowest BCUT2D eigenvalue weighted by molar-refractivity contribution is -0.142. The van der Waals surface area contributed by atoms with Gasteiger partial charge >= 0.3 is 11.9 Å². The van der Waals surface area contributed by atoms with E-state index in [-0.39, 0.29) is 18.0 Å². The SMILES string of the molecule is C=C(C)C(=O)OCC1CCCO1.C=CC(=O)OCCCCCCCCCCCC. The van der Waals surface area contributed by atoms with Gasteiger partial charge in [-0.2, -0.15) is 0 Å². The first-order chi connectivity index (χ1) is 14.0. The predicted molar refractivity (Wildman–Crippen MR) is 118 cm³/mol. The van der Waals surface area contributed by atoms with E-state index >= 15 is 0 Å². The van der Waals surface area contributed by atoms with E-state index in [9.17, 15) is 9.59 Å². The van der Waals surface area contributed by atoms with Crippen molar-refractivity contribution in [1.29, 1.82) is 0 Å². The summed E-state index contributed by atoms with van der Waals surface area (Å²) in [6.45, 7) is 12.4. The van der Waals surface area contributed by atoms with Crippen molar-refractivity contribution < 1.29 is 23.8 Å². The van der Waals surface area contributed by atoms with Crippen LogP contribution in [0.25, 0.3) is 0 Å². The molecular weight excluding hydrogens is 368 g/mol. The molecule has 1 fully saturated rings. The molecule has 0 bridgehead atoms. The van der Waals surface area contributed by atoms with Gasteiger partial charge in [-0.25, -0.2) is 9.59 Å². The third-order valence-electron chi connectivity index (χ3n) is 4.68. The first-order valence-corrected chi connectivity index (χ1v) is 11.2. The van der Waals surface area contributed by atoms with E-state index in [0.29, 0.717) is 18.8 Å². The highest BCUT2D eigenvalue weighted by atomic mass is 16.6. The van der Waals surface area contributed by atoms with Crippen molar-refractivity contribution in [3.8, 4) is 0 Å². The highest BCUT2D eigenvalue weighted by molar-refractivity contribution is 5.86. The summed E-state index contributed by atoms with van der Waals surface area (Å²) >= 11 is 0. The molecule has 0 spiro atoms. The fraction of sp³-hybridized carbons (Fsp3) is 0.750. The van der Waals surface area contributed by atoms with Gasteiger partial charge in [0.15, 0.2) is 0 Å². The van der Waals surface area contributed by atoms with Crippen LogP contribution in [0.5, 0.6) is 0 Å². The third-order valence-corrected chi connectivity index (χ3v) is 4.68. The Labute approximate surface area is 177 Å². The van der Waals surface area contributed by atoms with E-state index in [1.54, 1.807) is 6.92 Å². The van der Waals surface area contributed by atoms with Crippen molar-refractivity contribution in [3.05, 3.63) is 24.8 Å². The van der Waals surface area contributed by atoms with Crippen molar-refractivity contribution in [2.24, 2.45) is 0 Å². The van der Waals surface area contributed by atoms with Gasteiger partial charge in [0.25, 0.3) is 0 Å². The van der Waals surface area contributed by atoms with Crippen molar-refractivity contribution in [1.82, 2.24) is 0 Å². The van der Waals surface area contributed by atoms with Crippen molar-refractivity contribution in [2.75, 3.05) is 19.8 Å². The molecule has 1 unspecified atom stereocenters. The van der Waals surface area contributed by atoms with Gasteiger partial charge in [-0.05, 0) is 26.2 Å². The monoisotopic (exact) mass is 410 g/mol. The number of hydrogen-bond acceptors (Lipinski definition) is 5. The Morgan fingerprint density at radius 1 is 1.00 bits per heavy atom. The summed E-state index contributed by atoms with van der Waals surface area (Å²) in [6.07, 6.45) is 16.3. The molecule has 1 rings (SSSR count). The van der Waals surface area contributed by atoms with Crippen molar-refractivity contribution in [2.45, 2.75) is 97.0 Å². The summed E-state index contributed by atoms with van der Waals surface area (Å²) in [5.74, 6) is -0.633. The van der Waals surface area contributed by atoms with Crippen LogP contribution in [0.1, 0.15) is 90.9 Å². The molecular formula is C24H42O5. The fourth-order valence-corrected chi connectivity index (χ4v) is 2.89. The van der Waals surface area contributed by atoms with Crippen LogP contribution in [0.15, 0.2) is 24.8 Å². The number of rotatable bonds is 15. The molecule has 0 aromatic rings. The maximum absolute atomic E-state index is 10.9. The second-order valence-corrected chi connectivity index (χ2v) is 7.57. The largest absolute Gasteiger partial charge is 0.463 e. The van der Waals surface area contributed by atoms with E-state index in [2.05, 4.69) is 20.1 Å². The summed E-state index contributed by atoms with van der Waals surface area (Å²) < 4.78 is 15.1. The van der Waals surface area contributed by atoms with Gasteiger partial charge < -0.3 is 14.2 Å². The summed E-state index contributed by atoms with van der Waals surface area (Å²) in [5, 5.41) is 0. The minimum atomic E-state index is -0.328. The van der Waals surface area contributed by atoms with E-state index in [4.69, 9.17) is 14.2 Å². The van der Waals surface area contributed by atoms with Gasteiger partial charge in [-0.15, -0.1) is 0 Å². The van der Waals surface area contributed by atoms with Gasteiger partial charge in [0.1, 0.15) is 6.61 Å². The molecule has 5 heteroatoms. The zero-order valence-electron chi connectivity index (χ0n) is 18.7. The van der Waals surface area contributed by atoms with Crippen LogP contribution in [-0.2, 0) is 23.8 Å². The Hall–Kier alpha value is -1.62. The van der Waals surface area contributed by atoms with Crippen LogP contribution < -0.4 is 0 Å². The molecule has 0 aromatic carbocycles. The normalized spacial score (nSPS) is 15.2. The Balaban J connectivity index is 0.000000571. The zero-order chi connectivity index (χ0) is 21.7. The predicted octanol–water partition coefficient (Wildman–Crippen LogP) is 5.92. The highest BCUT2D eigenvalue weighted by Crippen LogP contribution is 2.12. The van der Waals surface area contributed by atoms with Crippen LogP contribution in [0, 0.1) is 0 Å². The van der Waals surface area contributed by atoms with Crippen LogP contribution in [0.4, 0.5) is 0 Å². The number of carbonyl (C=O) groups excluding carboxylic acids is 2. The first-order valence-electron chi connectivity index (χ1n) is 11.2. The second kappa shape index (κ2) is 19.7. The van der Waals surface area contributed by atoms with E-state index in [1.807, 2.05) is 0 Å². The molecule has 0 aliphatic carbocycles. The summed E-state index contributed by atoms with van der Waals surface area (Å²) in [6, 6.07) is 0. The lowest BCUT2D eigenvalue weighted by Gasteiger charge is -2.09. The smallest absolute Gasteiger partial charge is 0.333 e. The lowest BCUT2D eigenvalue weighted by Crippen LogP contribution is -2.17. The topological polar surface area (TPSA) is 61.8 Å². The molecule has 29 heavy (non-hydrogen) atoms. The van der Waals surface area contributed by atoms with Crippen molar-refractivity contribution >= 4 is 11.9 Å². The first kappa shape index (κ1) is 27.4. The summed E-state index contributed by atoms with van der Waals surface area (Å²) in [7, 11) is 0. The van der Waals surface area contributed by atoms with E-state index in [0.717, 1.165) is 25.9 Å². The van der Waals surface area contributed by atoms with Crippen LogP contribution in [0.3, 0.4) is 0 Å². The molecule has 0 aromatic heterocycles. The summed E-state index contributed by atoms with van der Waals surface area (Å²) in [5.41, 5.74) is 0.438. The lowest BCUT2D eigenvalue weighted by atomic mass is 10.1. The molecule has 1 aliphatic rings. The summed E-state index contributed by atoms with van der Waals surface area (Å²) in [4.78, 5) is 21.7. The molecule has 168 valence electrons. The average molecular weight is 411 g/mol.